The normalized spacial score (nSPS) is 10.3. The summed E-state index contributed by atoms with van der Waals surface area (Å²) >= 11 is 10.2. The fourth-order valence-corrected chi connectivity index (χ4v) is 2.52. The van der Waals surface area contributed by atoms with Crippen LogP contribution in [0.15, 0.2) is 27.5 Å². The fourth-order valence-electron chi connectivity index (χ4n) is 1.33. The van der Waals surface area contributed by atoms with Gasteiger partial charge < -0.3 is 5.11 Å². The van der Waals surface area contributed by atoms with E-state index < -0.39 is 5.97 Å². The van der Waals surface area contributed by atoms with E-state index in [1.54, 1.807) is 5.38 Å². The number of halogens is 2. The zero-order chi connectivity index (χ0) is 13.3. The molecule has 0 radical (unpaired) electrons. The van der Waals surface area contributed by atoms with Crippen molar-refractivity contribution in [3.8, 4) is 0 Å². The van der Waals surface area contributed by atoms with Crippen LogP contribution in [0.3, 0.4) is 0 Å². The van der Waals surface area contributed by atoms with E-state index in [1.165, 1.54) is 29.5 Å². The third kappa shape index (κ3) is 2.60. The zero-order valence-corrected chi connectivity index (χ0v) is 11.8. The molecule has 4 nitrogen and oxygen atoms in total. The molecule has 0 aliphatic rings. The van der Waals surface area contributed by atoms with Gasteiger partial charge in [0.1, 0.15) is 5.69 Å². The van der Waals surface area contributed by atoms with E-state index >= 15 is 0 Å². The Morgan fingerprint density at radius 2 is 2.11 bits per heavy atom. The third-order valence-electron chi connectivity index (χ3n) is 2.17. The summed E-state index contributed by atoms with van der Waals surface area (Å²) in [5, 5.41) is 10.6. The van der Waals surface area contributed by atoms with E-state index in [2.05, 4.69) is 20.9 Å². The number of nitrogens with zero attached hydrogens (tertiary/aromatic N) is 1. The molecule has 18 heavy (non-hydrogen) atoms. The smallest absolute Gasteiger partial charge is 0.337 e. The number of carbonyl (C=O) groups excluding carboxylic acids is 1. The fraction of sp³-hybridized carbons (Fsp3) is 0. The quantitative estimate of drug-likeness (QED) is 0.864. The molecule has 1 aromatic heterocycles. The van der Waals surface area contributed by atoms with Crippen molar-refractivity contribution in [3.63, 3.8) is 0 Å². The Balaban J connectivity index is 2.43. The van der Waals surface area contributed by atoms with Gasteiger partial charge in [0.2, 0.25) is 5.78 Å². The Morgan fingerprint density at radius 3 is 2.67 bits per heavy atom. The van der Waals surface area contributed by atoms with Gasteiger partial charge in [-0.05, 0) is 34.1 Å². The number of thiazole rings is 1. The molecule has 2 aromatic rings. The first-order valence-electron chi connectivity index (χ1n) is 4.67. The molecular formula is C11H5BrClNO3S. The van der Waals surface area contributed by atoms with Crippen LogP contribution in [-0.2, 0) is 0 Å². The standard InChI is InChI=1S/C11H5BrClNO3S/c12-11-14-8(4-18-11)9(15)5-1-2-7(13)6(3-5)10(16)17/h1-4H,(H,16,17). The highest BCUT2D eigenvalue weighted by molar-refractivity contribution is 9.11. The number of aromatic nitrogens is 1. The van der Waals surface area contributed by atoms with E-state index in [0.29, 0.717) is 3.92 Å². The minimum absolute atomic E-state index is 0.0958. The highest BCUT2D eigenvalue weighted by atomic mass is 79.9. The molecule has 0 spiro atoms. The molecule has 0 saturated carbocycles. The van der Waals surface area contributed by atoms with E-state index in [-0.39, 0.29) is 27.6 Å². The summed E-state index contributed by atoms with van der Waals surface area (Å²) in [7, 11) is 0. The van der Waals surface area contributed by atoms with Gasteiger partial charge in [0, 0.05) is 10.9 Å². The third-order valence-corrected chi connectivity index (χ3v) is 3.86. The van der Waals surface area contributed by atoms with Gasteiger partial charge in [0.25, 0.3) is 0 Å². The van der Waals surface area contributed by atoms with E-state index in [0.717, 1.165) is 0 Å². The van der Waals surface area contributed by atoms with Gasteiger partial charge in [-0.3, -0.25) is 4.79 Å². The Kier molecular flexibility index (Phi) is 3.79. The monoisotopic (exact) mass is 345 g/mol. The van der Waals surface area contributed by atoms with Crippen molar-refractivity contribution >= 4 is 50.6 Å². The number of ketones is 1. The largest absolute Gasteiger partial charge is 0.478 e. The lowest BCUT2D eigenvalue weighted by atomic mass is 10.1. The number of carbonyl (C=O) groups is 2. The molecule has 7 heteroatoms. The molecule has 0 bridgehead atoms. The van der Waals surface area contributed by atoms with Crippen molar-refractivity contribution in [2.45, 2.75) is 0 Å². The zero-order valence-electron chi connectivity index (χ0n) is 8.68. The van der Waals surface area contributed by atoms with Crippen LogP contribution in [0, 0.1) is 0 Å². The highest BCUT2D eigenvalue weighted by Crippen LogP contribution is 2.22. The van der Waals surface area contributed by atoms with E-state index in [4.69, 9.17) is 16.7 Å². The van der Waals surface area contributed by atoms with Gasteiger partial charge in [0.05, 0.1) is 10.6 Å². The number of rotatable bonds is 3. The molecule has 92 valence electrons. The summed E-state index contributed by atoms with van der Waals surface area (Å²) < 4.78 is 0.596. The van der Waals surface area contributed by atoms with Crippen molar-refractivity contribution in [3.05, 3.63) is 49.3 Å². The lowest BCUT2D eigenvalue weighted by Gasteiger charge is -2.02. The van der Waals surface area contributed by atoms with Crippen molar-refractivity contribution in [1.29, 1.82) is 0 Å². The summed E-state index contributed by atoms with van der Waals surface area (Å²) in [5.41, 5.74) is 0.414. The molecule has 0 saturated heterocycles. The van der Waals surface area contributed by atoms with Crippen LogP contribution in [0.25, 0.3) is 0 Å². The maximum absolute atomic E-state index is 12.0. The first-order chi connectivity index (χ1) is 8.49. The van der Waals surface area contributed by atoms with Crippen LogP contribution in [0.1, 0.15) is 26.4 Å². The molecule has 2 rings (SSSR count). The second-order valence-corrected chi connectivity index (χ2v) is 5.86. The van der Waals surface area contributed by atoms with E-state index in [1.807, 2.05) is 0 Å². The highest BCUT2D eigenvalue weighted by Gasteiger charge is 2.16. The van der Waals surface area contributed by atoms with Gasteiger partial charge in [-0.1, -0.05) is 11.6 Å². The first-order valence-corrected chi connectivity index (χ1v) is 6.72. The second kappa shape index (κ2) is 5.17. The molecule has 0 unspecified atom stereocenters. The molecule has 1 heterocycles. The topological polar surface area (TPSA) is 67.3 Å². The summed E-state index contributed by atoms with van der Waals surface area (Å²) in [4.78, 5) is 26.9. The lowest BCUT2D eigenvalue weighted by Crippen LogP contribution is -2.05. The van der Waals surface area contributed by atoms with Crippen molar-refractivity contribution in [1.82, 2.24) is 4.98 Å². The van der Waals surface area contributed by atoms with Crippen LogP contribution in [0.5, 0.6) is 0 Å². The summed E-state index contributed by atoms with van der Waals surface area (Å²) in [6.07, 6.45) is 0. The summed E-state index contributed by atoms with van der Waals surface area (Å²) in [6, 6.07) is 4.12. The Hall–Kier alpha value is -1.24. The van der Waals surface area contributed by atoms with Crippen LogP contribution >= 0.6 is 38.9 Å². The average Bonchev–Trinajstić information content (AvgIpc) is 2.75. The van der Waals surface area contributed by atoms with Crippen LogP contribution in [0.2, 0.25) is 5.02 Å². The van der Waals surface area contributed by atoms with Gasteiger partial charge >= 0.3 is 5.97 Å². The predicted molar refractivity (Wildman–Crippen MR) is 71.7 cm³/mol. The number of hydrogen-bond donors (Lipinski definition) is 1. The maximum atomic E-state index is 12.0. The summed E-state index contributed by atoms with van der Waals surface area (Å²) in [6.45, 7) is 0. The first kappa shape index (κ1) is 13.2. The minimum Gasteiger partial charge on any atom is -0.478 e. The molecule has 0 atom stereocenters. The minimum atomic E-state index is -1.17. The van der Waals surface area contributed by atoms with Gasteiger partial charge in [-0.15, -0.1) is 11.3 Å². The lowest BCUT2D eigenvalue weighted by molar-refractivity contribution is 0.0697. The Bertz CT molecular complexity index is 641. The molecule has 0 amide bonds. The average molecular weight is 347 g/mol. The number of hydrogen-bond acceptors (Lipinski definition) is 4. The molecule has 1 N–H and O–H groups in total. The van der Waals surface area contributed by atoms with Crippen molar-refractivity contribution in [2.75, 3.05) is 0 Å². The number of benzene rings is 1. The molecule has 0 fully saturated rings. The summed E-state index contributed by atoms with van der Waals surface area (Å²) in [5.74, 6) is -1.51. The number of carboxylic acids is 1. The van der Waals surface area contributed by atoms with E-state index in [9.17, 15) is 9.59 Å². The Morgan fingerprint density at radius 1 is 1.39 bits per heavy atom. The van der Waals surface area contributed by atoms with Crippen molar-refractivity contribution < 1.29 is 14.7 Å². The van der Waals surface area contributed by atoms with Gasteiger partial charge in [-0.2, -0.15) is 0 Å². The second-order valence-electron chi connectivity index (χ2n) is 3.31. The van der Waals surface area contributed by atoms with Crippen molar-refractivity contribution in [2.24, 2.45) is 0 Å². The van der Waals surface area contributed by atoms with Gasteiger partial charge in [0.15, 0.2) is 3.92 Å². The molecular weight excluding hydrogens is 342 g/mol. The number of aromatic carboxylic acids is 1. The molecule has 0 aliphatic carbocycles. The molecule has 1 aromatic carbocycles. The van der Waals surface area contributed by atoms with Crippen LogP contribution in [0.4, 0.5) is 0 Å². The SMILES string of the molecule is O=C(c1ccc(Cl)c(C(=O)O)c1)c1csc(Br)n1. The van der Waals surface area contributed by atoms with Crippen LogP contribution < -0.4 is 0 Å². The Labute approximate surface area is 119 Å². The maximum Gasteiger partial charge on any atom is 0.337 e. The van der Waals surface area contributed by atoms with Gasteiger partial charge in [-0.25, -0.2) is 9.78 Å². The molecule has 0 aliphatic heterocycles. The van der Waals surface area contributed by atoms with Crippen LogP contribution in [-0.4, -0.2) is 21.8 Å². The number of carboxylic acid groups (broad SMARTS) is 1. The predicted octanol–water partition coefficient (Wildman–Crippen LogP) is 3.49.